The van der Waals surface area contributed by atoms with Crippen LogP contribution in [-0.4, -0.2) is 37.3 Å². The van der Waals surface area contributed by atoms with E-state index in [0.717, 1.165) is 42.9 Å². The zero-order valence-electron chi connectivity index (χ0n) is 12.5. The lowest BCUT2D eigenvalue weighted by Gasteiger charge is -2.35. The SMILES string of the molecule is Cc1cc(C)n(CC(=O)N2CCCC[C@H]2c2ccn[nH]2)n1. The molecule has 6 nitrogen and oxygen atoms in total. The van der Waals surface area contributed by atoms with Crippen LogP contribution in [-0.2, 0) is 11.3 Å². The molecule has 3 rings (SSSR count). The fourth-order valence-corrected chi connectivity index (χ4v) is 3.06. The van der Waals surface area contributed by atoms with Crippen LogP contribution in [0.4, 0.5) is 0 Å². The van der Waals surface area contributed by atoms with Gasteiger partial charge in [-0.25, -0.2) is 0 Å². The molecule has 1 aliphatic heterocycles. The van der Waals surface area contributed by atoms with Crippen LogP contribution < -0.4 is 0 Å². The van der Waals surface area contributed by atoms with Crippen LogP contribution in [0.15, 0.2) is 18.3 Å². The van der Waals surface area contributed by atoms with Crippen molar-refractivity contribution in [1.82, 2.24) is 24.9 Å². The van der Waals surface area contributed by atoms with E-state index in [9.17, 15) is 4.79 Å². The number of H-pyrrole nitrogens is 1. The number of carbonyl (C=O) groups excluding carboxylic acids is 1. The molecule has 0 aromatic carbocycles. The molecule has 1 fully saturated rings. The molecule has 6 heteroatoms. The zero-order chi connectivity index (χ0) is 14.8. The molecular formula is C15H21N5O. The minimum Gasteiger partial charge on any atom is -0.333 e. The Balaban J connectivity index is 1.77. The Labute approximate surface area is 124 Å². The standard InChI is InChI=1S/C15H21N5O/c1-11-9-12(2)20(18-11)10-15(21)19-8-4-3-5-14(19)13-6-7-16-17-13/h6-7,9,14H,3-5,8,10H2,1-2H3,(H,16,17)/t14-/m0/s1. The third kappa shape index (κ3) is 2.84. The molecule has 1 saturated heterocycles. The van der Waals surface area contributed by atoms with Crippen LogP contribution in [0.3, 0.4) is 0 Å². The fraction of sp³-hybridized carbons (Fsp3) is 0.533. The molecule has 0 saturated carbocycles. The highest BCUT2D eigenvalue weighted by atomic mass is 16.2. The topological polar surface area (TPSA) is 66.8 Å². The number of hydrogen-bond acceptors (Lipinski definition) is 3. The molecule has 1 amide bonds. The van der Waals surface area contributed by atoms with Crippen molar-refractivity contribution in [2.45, 2.75) is 45.7 Å². The van der Waals surface area contributed by atoms with Crippen molar-refractivity contribution in [2.24, 2.45) is 0 Å². The van der Waals surface area contributed by atoms with Crippen LogP contribution in [0.5, 0.6) is 0 Å². The Morgan fingerprint density at radius 1 is 1.43 bits per heavy atom. The van der Waals surface area contributed by atoms with Gasteiger partial charge in [0, 0.05) is 18.4 Å². The summed E-state index contributed by atoms with van der Waals surface area (Å²) in [5.41, 5.74) is 3.00. The van der Waals surface area contributed by atoms with Crippen molar-refractivity contribution in [2.75, 3.05) is 6.54 Å². The normalized spacial score (nSPS) is 19.0. The average Bonchev–Trinajstić information content (AvgIpc) is 3.09. The second-order valence-corrected chi connectivity index (χ2v) is 5.70. The Hall–Kier alpha value is -2.11. The lowest BCUT2D eigenvalue weighted by molar-refractivity contribution is -0.136. The van der Waals surface area contributed by atoms with Crippen LogP contribution in [0, 0.1) is 13.8 Å². The number of nitrogens with zero attached hydrogens (tertiary/aromatic N) is 4. The number of piperidine rings is 1. The first-order chi connectivity index (χ1) is 10.1. The van der Waals surface area contributed by atoms with Crippen molar-refractivity contribution in [3.8, 4) is 0 Å². The number of rotatable bonds is 3. The van der Waals surface area contributed by atoms with Gasteiger partial charge in [-0.15, -0.1) is 0 Å². The van der Waals surface area contributed by atoms with Gasteiger partial charge in [-0.05, 0) is 45.2 Å². The monoisotopic (exact) mass is 287 g/mol. The molecule has 0 unspecified atom stereocenters. The minimum atomic E-state index is 0.116. The number of aromatic amines is 1. The minimum absolute atomic E-state index is 0.116. The number of carbonyl (C=O) groups is 1. The number of aromatic nitrogens is 4. The van der Waals surface area contributed by atoms with Crippen LogP contribution >= 0.6 is 0 Å². The van der Waals surface area contributed by atoms with Crippen molar-refractivity contribution in [3.63, 3.8) is 0 Å². The highest BCUT2D eigenvalue weighted by molar-refractivity contribution is 5.76. The van der Waals surface area contributed by atoms with E-state index in [2.05, 4.69) is 15.3 Å². The maximum atomic E-state index is 12.7. The van der Waals surface area contributed by atoms with Gasteiger partial charge in [-0.2, -0.15) is 10.2 Å². The summed E-state index contributed by atoms with van der Waals surface area (Å²) >= 11 is 0. The molecule has 0 bridgehead atoms. The van der Waals surface area contributed by atoms with Crippen LogP contribution in [0.2, 0.25) is 0 Å². The van der Waals surface area contributed by atoms with E-state index >= 15 is 0 Å². The Morgan fingerprint density at radius 2 is 2.29 bits per heavy atom. The average molecular weight is 287 g/mol. The van der Waals surface area contributed by atoms with Crippen molar-refractivity contribution < 1.29 is 4.79 Å². The maximum absolute atomic E-state index is 12.7. The summed E-state index contributed by atoms with van der Waals surface area (Å²) in [6.45, 7) is 5.05. The quantitative estimate of drug-likeness (QED) is 0.938. The first-order valence-corrected chi connectivity index (χ1v) is 7.45. The molecular weight excluding hydrogens is 266 g/mol. The highest BCUT2D eigenvalue weighted by Gasteiger charge is 2.29. The van der Waals surface area contributed by atoms with E-state index < -0.39 is 0 Å². The number of nitrogens with one attached hydrogen (secondary N) is 1. The number of amides is 1. The molecule has 112 valence electrons. The lowest BCUT2D eigenvalue weighted by atomic mass is 9.99. The van der Waals surface area contributed by atoms with Gasteiger partial charge in [0.15, 0.2) is 0 Å². The summed E-state index contributed by atoms with van der Waals surface area (Å²) in [4.78, 5) is 14.6. The predicted molar refractivity (Wildman–Crippen MR) is 78.6 cm³/mol. The second kappa shape index (κ2) is 5.71. The maximum Gasteiger partial charge on any atom is 0.244 e. The summed E-state index contributed by atoms with van der Waals surface area (Å²) in [5.74, 6) is 0.125. The van der Waals surface area contributed by atoms with E-state index in [1.807, 2.05) is 30.9 Å². The lowest BCUT2D eigenvalue weighted by Crippen LogP contribution is -2.40. The van der Waals surface area contributed by atoms with Gasteiger partial charge in [0.1, 0.15) is 6.54 Å². The summed E-state index contributed by atoms with van der Waals surface area (Å²) in [5, 5.41) is 11.4. The van der Waals surface area contributed by atoms with E-state index in [-0.39, 0.29) is 11.9 Å². The van der Waals surface area contributed by atoms with Crippen molar-refractivity contribution >= 4 is 5.91 Å². The van der Waals surface area contributed by atoms with Gasteiger partial charge in [0.25, 0.3) is 0 Å². The number of aryl methyl sites for hydroxylation is 2. The molecule has 0 aliphatic carbocycles. The summed E-state index contributed by atoms with van der Waals surface area (Å²) in [7, 11) is 0. The van der Waals surface area contributed by atoms with Gasteiger partial charge in [-0.1, -0.05) is 0 Å². The largest absolute Gasteiger partial charge is 0.333 e. The first-order valence-electron chi connectivity index (χ1n) is 7.45. The number of likely N-dealkylation sites (tertiary alicyclic amines) is 1. The van der Waals surface area contributed by atoms with E-state index in [1.165, 1.54) is 0 Å². The first kappa shape index (κ1) is 13.9. The Morgan fingerprint density at radius 3 is 2.95 bits per heavy atom. The van der Waals surface area contributed by atoms with E-state index in [1.54, 1.807) is 10.9 Å². The molecule has 1 atom stereocenters. The smallest absolute Gasteiger partial charge is 0.244 e. The predicted octanol–water partition coefficient (Wildman–Crippen LogP) is 1.98. The highest BCUT2D eigenvalue weighted by Crippen LogP contribution is 2.29. The Bertz CT molecular complexity index is 616. The van der Waals surface area contributed by atoms with Crippen LogP contribution in [0.25, 0.3) is 0 Å². The van der Waals surface area contributed by atoms with Crippen molar-refractivity contribution in [1.29, 1.82) is 0 Å². The molecule has 1 aliphatic rings. The van der Waals surface area contributed by atoms with E-state index in [4.69, 9.17) is 0 Å². The molecule has 21 heavy (non-hydrogen) atoms. The third-order valence-corrected chi connectivity index (χ3v) is 4.09. The molecule has 1 N–H and O–H groups in total. The number of hydrogen-bond donors (Lipinski definition) is 1. The molecule has 0 radical (unpaired) electrons. The van der Waals surface area contributed by atoms with Gasteiger partial charge >= 0.3 is 0 Å². The van der Waals surface area contributed by atoms with Gasteiger partial charge in [-0.3, -0.25) is 14.6 Å². The third-order valence-electron chi connectivity index (χ3n) is 4.09. The zero-order valence-corrected chi connectivity index (χ0v) is 12.5. The second-order valence-electron chi connectivity index (χ2n) is 5.70. The molecule has 2 aromatic heterocycles. The van der Waals surface area contributed by atoms with Gasteiger partial charge in [0.2, 0.25) is 5.91 Å². The molecule has 2 aromatic rings. The molecule has 3 heterocycles. The van der Waals surface area contributed by atoms with Gasteiger partial charge in [0.05, 0.1) is 17.4 Å². The van der Waals surface area contributed by atoms with Crippen LogP contribution in [0.1, 0.15) is 42.4 Å². The fourth-order valence-electron chi connectivity index (χ4n) is 3.06. The van der Waals surface area contributed by atoms with Crippen molar-refractivity contribution in [3.05, 3.63) is 35.4 Å². The van der Waals surface area contributed by atoms with E-state index in [0.29, 0.717) is 6.54 Å². The summed E-state index contributed by atoms with van der Waals surface area (Å²) in [6.07, 6.45) is 4.94. The summed E-state index contributed by atoms with van der Waals surface area (Å²) in [6, 6.07) is 4.07. The summed E-state index contributed by atoms with van der Waals surface area (Å²) < 4.78 is 1.79. The molecule has 0 spiro atoms. The Kier molecular flexibility index (Phi) is 3.77. The van der Waals surface area contributed by atoms with Gasteiger partial charge < -0.3 is 4.90 Å².